The van der Waals surface area contributed by atoms with E-state index in [4.69, 9.17) is 4.74 Å². The van der Waals surface area contributed by atoms with Gasteiger partial charge < -0.3 is 24.8 Å². The first-order valence-electron chi connectivity index (χ1n) is 12.5. The van der Waals surface area contributed by atoms with Gasteiger partial charge >= 0.3 is 0 Å². The van der Waals surface area contributed by atoms with E-state index in [-0.39, 0.29) is 29.7 Å². The van der Waals surface area contributed by atoms with Gasteiger partial charge in [-0.2, -0.15) is 0 Å². The molecule has 3 amide bonds. The van der Waals surface area contributed by atoms with Crippen molar-refractivity contribution in [2.45, 2.75) is 32.4 Å². The number of nitrogens with zero attached hydrogens (tertiary/aromatic N) is 4. The standard InChI is InChI=1S/C27H35N5O4/c1-19(2)17-31(25(33)20-6-8-23(36-3)9-7-20)22-15-24(27(35)30-13-11-28-12-14-30)32(18-22)26(34)21-5-4-10-29-16-21/h4-10,16,19,22,24,28H,11-15,17-18H2,1-3H3. The van der Waals surface area contributed by atoms with Crippen molar-refractivity contribution in [3.63, 3.8) is 0 Å². The monoisotopic (exact) mass is 493 g/mol. The van der Waals surface area contributed by atoms with Crippen LogP contribution in [0.2, 0.25) is 0 Å². The minimum absolute atomic E-state index is 0.0577. The fourth-order valence-electron chi connectivity index (χ4n) is 4.94. The predicted molar refractivity (Wildman–Crippen MR) is 136 cm³/mol. The van der Waals surface area contributed by atoms with Gasteiger partial charge in [0.15, 0.2) is 0 Å². The molecule has 1 aromatic heterocycles. The highest BCUT2D eigenvalue weighted by Crippen LogP contribution is 2.28. The molecule has 4 rings (SSSR count). The van der Waals surface area contributed by atoms with E-state index >= 15 is 0 Å². The van der Waals surface area contributed by atoms with E-state index in [1.54, 1.807) is 54.6 Å². The van der Waals surface area contributed by atoms with Gasteiger partial charge in [-0.3, -0.25) is 19.4 Å². The molecule has 0 aliphatic carbocycles. The number of ether oxygens (including phenoxy) is 1. The lowest BCUT2D eigenvalue weighted by molar-refractivity contribution is -0.135. The molecule has 0 bridgehead atoms. The summed E-state index contributed by atoms with van der Waals surface area (Å²) in [6, 6.07) is 9.57. The molecule has 0 radical (unpaired) electrons. The largest absolute Gasteiger partial charge is 0.497 e. The minimum Gasteiger partial charge on any atom is -0.497 e. The Hall–Kier alpha value is -3.46. The van der Waals surface area contributed by atoms with E-state index < -0.39 is 6.04 Å². The summed E-state index contributed by atoms with van der Waals surface area (Å²) in [6.07, 6.45) is 3.55. The van der Waals surface area contributed by atoms with E-state index in [1.165, 1.54) is 6.20 Å². The number of rotatable bonds is 7. The second kappa shape index (κ2) is 11.5. The van der Waals surface area contributed by atoms with Crippen molar-refractivity contribution in [2.75, 3.05) is 46.4 Å². The first-order valence-corrected chi connectivity index (χ1v) is 12.5. The Morgan fingerprint density at radius 3 is 2.44 bits per heavy atom. The van der Waals surface area contributed by atoms with Crippen molar-refractivity contribution in [2.24, 2.45) is 5.92 Å². The zero-order valence-electron chi connectivity index (χ0n) is 21.2. The lowest BCUT2D eigenvalue weighted by Crippen LogP contribution is -2.53. The quantitative estimate of drug-likeness (QED) is 0.633. The Labute approximate surface area is 212 Å². The number of benzene rings is 1. The topological polar surface area (TPSA) is 95.1 Å². The number of carbonyl (C=O) groups excluding carboxylic acids is 3. The fourth-order valence-corrected chi connectivity index (χ4v) is 4.94. The van der Waals surface area contributed by atoms with Gasteiger partial charge in [-0.1, -0.05) is 13.8 Å². The zero-order valence-corrected chi connectivity index (χ0v) is 21.2. The van der Waals surface area contributed by atoms with Crippen LogP contribution < -0.4 is 10.1 Å². The molecule has 0 saturated carbocycles. The van der Waals surface area contributed by atoms with Gasteiger partial charge in [-0.15, -0.1) is 0 Å². The third-order valence-corrected chi connectivity index (χ3v) is 6.76. The third-order valence-electron chi connectivity index (χ3n) is 6.76. The second-order valence-corrected chi connectivity index (χ2v) is 9.76. The van der Waals surface area contributed by atoms with Crippen molar-refractivity contribution in [1.29, 1.82) is 0 Å². The van der Waals surface area contributed by atoms with Crippen LogP contribution in [0.15, 0.2) is 48.8 Å². The average molecular weight is 494 g/mol. The first-order chi connectivity index (χ1) is 17.4. The molecule has 1 N–H and O–H groups in total. The highest BCUT2D eigenvalue weighted by Gasteiger charge is 2.45. The molecule has 2 saturated heterocycles. The number of amides is 3. The summed E-state index contributed by atoms with van der Waals surface area (Å²) in [7, 11) is 1.59. The third kappa shape index (κ3) is 5.67. The number of carbonyl (C=O) groups is 3. The molecule has 9 nitrogen and oxygen atoms in total. The Bertz CT molecular complexity index is 1050. The summed E-state index contributed by atoms with van der Waals surface area (Å²) in [5.41, 5.74) is 0.992. The molecule has 2 atom stereocenters. The number of nitrogens with one attached hydrogen (secondary N) is 1. The van der Waals surface area contributed by atoms with Gasteiger partial charge in [0, 0.05) is 57.2 Å². The van der Waals surface area contributed by atoms with E-state index in [1.807, 2.05) is 9.80 Å². The van der Waals surface area contributed by atoms with Crippen LogP contribution in [0.4, 0.5) is 0 Å². The molecule has 0 spiro atoms. The molecule has 2 unspecified atom stereocenters. The highest BCUT2D eigenvalue weighted by atomic mass is 16.5. The van der Waals surface area contributed by atoms with E-state index in [0.29, 0.717) is 49.5 Å². The zero-order chi connectivity index (χ0) is 25.7. The van der Waals surface area contributed by atoms with Crippen molar-refractivity contribution in [3.8, 4) is 5.75 Å². The van der Waals surface area contributed by atoms with Gasteiger partial charge in [0.1, 0.15) is 11.8 Å². The Morgan fingerprint density at radius 2 is 1.83 bits per heavy atom. The lowest BCUT2D eigenvalue weighted by Gasteiger charge is -2.32. The molecule has 1 aromatic carbocycles. The molecule has 36 heavy (non-hydrogen) atoms. The van der Waals surface area contributed by atoms with Crippen LogP contribution in [0.1, 0.15) is 41.0 Å². The molecular weight excluding hydrogens is 458 g/mol. The summed E-state index contributed by atoms with van der Waals surface area (Å²) < 4.78 is 5.23. The molecule has 2 aliphatic rings. The smallest absolute Gasteiger partial charge is 0.256 e. The average Bonchev–Trinajstić information content (AvgIpc) is 3.36. The van der Waals surface area contributed by atoms with Gasteiger partial charge in [-0.25, -0.2) is 0 Å². The number of pyridine rings is 1. The predicted octanol–water partition coefficient (Wildman–Crippen LogP) is 1.90. The Balaban J connectivity index is 1.63. The van der Waals surface area contributed by atoms with Crippen LogP contribution in [-0.2, 0) is 4.79 Å². The number of hydrogen-bond donors (Lipinski definition) is 1. The van der Waals surface area contributed by atoms with Crippen LogP contribution in [-0.4, -0.2) is 95.9 Å². The van der Waals surface area contributed by atoms with E-state index in [9.17, 15) is 14.4 Å². The first kappa shape index (κ1) is 25.6. The second-order valence-electron chi connectivity index (χ2n) is 9.76. The van der Waals surface area contributed by atoms with Crippen molar-refractivity contribution in [3.05, 3.63) is 59.9 Å². The number of hydrogen-bond acceptors (Lipinski definition) is 6. The maximum absolute atomic E-state index is 13.7. The summed E-state index contributed by atoms with van der Waals surface area (Å²) >= 11 is 0. The number of likely N-dealkylation sites (tertiary alicyclic amines) is 1. The van der Waals surface area contributed by atoms with Crippen LogP contribution in [0.5, 0.6) is 5.75 Å². The molecule has 9 heteroatoms. The van der Waals surface area contributed by atoms with Crippen LogP contribution >= 0.6 is 0 Å². The van der Waals surface area contributed by atoms with Gasteiger partial charge in [0.2, 0.25) is 5.91 Å². The van der Waals surface area contributed by atoms with Crippen molar-refractivity contribution >= 4 is 17.7 Å². The number of aromatic nitrogens is 1. The SMILES string of the molecule is COc1ccc(C(=O)N(CC(C)C)C2CC(C(=O)N3CCNCC3)N(C(=O)c3cccnc3)C2)cc1. The van der Waals surface area contributed by atoms with Crippen LogP contribution in [0.25, 0.3) is 0 Å². The molecule has 192 valence electrons. The van der Waals surface area contributed by atoms with Gasteiger partial charge in [0.05, 0.1) is 18.7 Å². The van der Waals surface area contributed by atoms with Crippen molar-refractivity contribution < 1.29 is 19.1 Å². The van der Waals surface area contributed by atoms with E-state index in [0.717, 1.165) is 13.1 Å². The highest BCUT2D eigenvalue weighted by molar-refractivity contribution is 5.98. The van der Waals surface area contributed by atoms with Crippen LogP contribution in [0.3, 0.4) is 0 Å². The summed E-state index contributed by atoms with van der Waals surface area (Å²) in [4.78, 5) is 50.2. The summed E-state index contributed by atoms with van der Waals surface area (Å²) in [5, 5.41) is 3.27. The summed E-state index contributed by atoms with van der Waals surface area (Å²) in [6.45, 7) is 7.62. The number of methoxy groups -OCH3 is 1. The van der Waals surface area contributed by atoms with E-state index in [2.05, 4.69) is 24.1 Å². The molecule has 2 aromatic rings. The molecule has 2 aliphatic heterocycles. The minimum atomic E-state index is -0.626. The maximum Gasteiger partial charge on any atom is 0.256 e. The van der Waals surface area contributed by atoms with Crippen LogP contribution in [0, 0.1) is 5.92 Å². The van der Waals surface area contributed by atoms with Crippen molar-refractivity contribution in [1.82, 2.24) is 25.0 Å². The van der Waals surface area contributed by atoms with Gasteiger partial charge in [-0.05, 0) is 48.7 Å². The molecule has 3 heterocycles. The fraction of sp³-hybridized carbons (Fsp3) is 0.481. The molecule has 2 fully saturated rings. The Morgan fingerprint density at radius 1 is 1.11 bits per heavy atom. The normalized spacial score (nSPS) is 19.9. The lowest BCUT2D eigenvalue weighted by atomic mass is 10.1. The van der Waals surface area contributed by atoms with Gasteiger partial charge in [0.25, 0.3) is 11.8 Å². The summed E-state index contributed by atoms with van der Waals surface area (Å²) in [5.74, 6) is 0.494. The maximum atomic E-state index is 13.7. The Kier molecular flexibility index (Phi) is 8.20. The number of piperazine rings is 1. The molecular formula is C27H35N5O4.